The molecule has 3 aromatic rings. The van der Waals surface area contributed by atoms with Crippen LogP contribution in [-0.2, 0) is 22.3 Å². The molecule has 0 aliphatic rings. The number of aryl methyl sites for hydroxylation is 1. The fourth-order valence-electron chi connectivity index (χ4n) is 2.47. The second kappa shape index (κ2) is 6.88. The summed E-state index contributed by atoms with van der Waals surface area (Å²) in [5.74, 6) is -0.0587. The molecule has 0 radical (unpaired) electrons. The molecular formula is C18H19N3O2S. The van der Waals surface area contributed by atoms with Crippen molar-refractivity contribution < 1.29 is 8.42 Å². The van der Waals surface area contributed by atoms with E-state index in [9.17, 15) is 8.42 Å². The number of nitrogens with one attached hydrogen (secondary N) is 1. The molecule has 0 saturated carbocycles. The van der Waals surface area contributed by atoms with Crippen LogP contribution in [0, 0.1) is 6.92 Å². The highest BCUT2D eigenvalue weighted by atomic mass is 32.2. The summed E-state index contributed by atoms with van der Waals surface area (Å²) < 4.78 is 28.8. The number of benzene rings is 2. The third-order valence-corrected chi connectivity index (χ3v) is 4.96. The Balaban J connectivity index is 1.68. The quantitative estimate of drug-likeness (QED) is 0.749. The Morgan fingerprint density at radius 2 is 1.75 bits per heavy atom. The summed E-state index contributed by atoms with van der Waals surface area (Å²) in [5, 5.41) is 4.23. The molecule has 0 atom stereocenters. The number of nitrogens with zero attached hydrogens (tertiary/aromatic N) is 2. The van der Waals surface area contributed by atoms with Crippen LogP contribution in [0.15, 0.2) is 67.0 Å². The van der Waals surface area contributed by atoms with Crippen molar-refractivity contribution in [3.8, 4) is 0 Å². The molecule has 0 aliphatic heterocycles. The van der Waals surface area contributed by atoms with E-state index in [0.29, 0.717) is 12.2 Å². The molecule has 1 aromatic heterocycles. The fraction of sp³-hybridized carbons (Fsp3) is 0.167. The maximum atomic E-state index is 12.2. The van der Waals surface area contributed by atoms with E-state index >= 15 is 0 Å². The smallest absolute Gasteiger partial charge is 0.237 e. The molecule has 5 nitrogen and oxygen atoms in total. The van der Waals surface area contributed by atoms with E-state index in [1.54, 1.807) is 23.0 Å². The Bertz CT molecular complexity index is 918. The van der Waals surface area contributed by atoms with Crippen molar-refractivity contribution >= 4 is 15.7 Å². The lowest BCUT2D eigenvalue weighted by Crippen LogP contribution is -2.14. The summed E-state index contributed by atoms with van der Waals surface area (Å²) in [6.07, 6.45) is 3.23. The van der Waals surface area contributed by atoms with Gasteiger partial charge in [0.1, 0.15) is 0 Å². The van der Waals surface area contributed by atoms with Crippen LogP contribution in [-0.4, -0.2) is 18.2 Å². The summed E-state index contributed by atoms with van der Waals surface area (Å²) in [6, 6.07) is 17.1. The van der Waals surface area contributed by atoms with Crippen molar-refractivity contribution in [2.45, 2.75) is 19.2 Å². The topological polar surface area (TPSA) is 64.0 Å². The molecule has 1 heterocycles. The van der Waals surface area contributed by atoms with Gasteiger partial charge >= 0.3 is 0 Å². The van der Waals surface area contributed by atoms with Gasteiger partial charge in [-0.15, -0.1) is 0 Å². The Morgan fingerprint density at radius 1 is 1.04 bits per heavy atom. The van der Waals surface area contributed by atoms with Crippen molar-refractivity contribution in [3.05, 3.63) is 83.7 Å². The number of aromatic nitrogens is 2. The third kappa shape index (κ3) is 4.23. The molecule has 0 amide bonds. The molecule has 3 rings (SSSR count). The highest BCUT2D eigenvalue weighted by Crippen LogP contribution is 2.14. The lowest BCUT2D eigenvalue weighted by Gasteiger charge is -2.06. The van der Waals surface area contributed by atoms with Gasteiger partial charge in [0.15, 0.2) is 0 Å². The normalized spacial score (nSPS) is 11.4. The highest BCUT2D eigenvalue weighted by Gasteiger charge is 2.13. The van der Waals surface area contributed by atoms with E-state index in [1.807, 2.05) is 49.4 Å². The number of rotatable bonds is 6. The van der Waals surface area contributed by atoms with Crippen LogP contribution in [0.25, 0.3) is 0 Å². The molecule has 0 unspecified atom stereocenters. The molecule has 0 aliphatic carbocycles. The van der Waals surface area contributed by atoms with Gasteiger partial charge in [-0.3, -0.25) is 9.40 Å². The highest BCUT2D eigenvalue weighted by molar-refractivity contribution is 7.91. The maximum Gasteiger partial charge on any atom is 0.237 e. The second-order valence-corrected chi connectivity index (χ2v) is 7.42. The van der Waals surface area contributed by atoms with Crippen LogP contribution in [0.2, 0.25) is 0 Å². The fourth-order valence-corrected chi connectivity index (χ4v) is 3.64. The molecule has 124 valence electrons. The molecule has 0 fully saturated rings. The molecule has 0 saturated heterocycles. The van der Waals surface area contributed by atoms with Gasteiger partial charge in [-0.1, -0.05) is 54.6 Å². The zero-order valence-electron chi connectivity index (χ0n) is 13.4. The predicted octanol–water partition coefficient (Wildman–Crippen LogP) is 3.18. The first-order valence-electron chi connectivity index (χ1n) is 7.63. The lowest BCUT2D eigenvalue weighted by molar-refractivity contribution is 0.600. The molecule has 24 heavy (non-hydrogen) atoms. The van der Waals surface area contributed by atoms with Crippen molar-refractivity contribution in [1.82, 2.24) is 9.78 Å². The summed E-state index contributed by atoms with van der Waals surface area (Å²) in [4.78, 5) is 0. The van der Waals surface area contributed by atoms with Gasteiger partial charge in [-0.05, 0) is 23.6 Å². The number of anilines is 1. The van der Waals surface area contributed by atoms with Gasteiger partial charge in [-0.25, -0.2) is 8.42 Å². The Hall–Kier alpha value is -2.60. The first-order chi connectivity index (χ1) is 11.5. The zero-order chi connectivity index (χ0) is 17.0. The minimum absolute atomic E-state index is 0.0587. The second-order valence-electron chi connectivity index (χ2n) is 5.70. The number of hydrogen-bond donors (Lipinski definition) is 1. The van der Waals surface area contributed by atoms with Crippen LogP contribution in [0.3, 0.4) is 0 Å². The van der Waals surface area contributed by atoms with Crippen molar-refractivity contribution in [2.75, 3.05) is 4.72 Å². The van der Waals surface area contributed by atoms with Crippen LogP contribution in [0.5, 0.6) is 0 Å². The van der Waals surface area contributed by atoms with Crippen LogP contribution in [0.4, 0.5) is 5.69 Å². The molecule has 2 aromatic carbocycles. The van der Waals surface area contributed by atoms with Crippen molar-refractivity contribution in [3.63, 3.8) is 0 Å². The van der Waals surface area contributed by atoms with Crippen LogP contribution >= 0.6 is 0 Å². The SMILES string of the molecule is Cc1ccccc1Cn1cc(NS(=O)(=O)Cc2ccccc2)cn1. The van der Waals surface area contributed by atoms with Crippen LogP contribution < -0.4 is 4.72 Å². The molecular weight excluding hydrogens is 322 g/mol. The minimum atomic E-state index is -3.46. The third-order valence-electron chi connectivity index (χ3n) is 3.70. The van der Waals surface area contributed by atoms with Crippen molar-refractivity contribution in [2.24, 2.45) is 0 Å². The van der Waals surface area contributed by atoms with Gasteiger partial charge in [0.2, 0.25) is 10.0 Å². The Labute approximate surface area is 142 Å². The van der Waals surface area contributed by atoms with E-state index < -0.39 is 10.0 Å². The van der Waals surface area contributed by atoms with Crippen molar-refractivity contribution in [1.29, 1.82) is 0 Å². The van der Waals surface area contributed by atoms with E-state index in [0.717, 1.165) is 11.1 Å². The van der Waals surface area contributed by atoms with Gasteiger partial charge < -0.3 is 0 Å². The molecule has 0 bridgehead atoms. The van der Waals surface area contributed by atoms with Gasteiger partial charge in [0.05, 0.1) is 24.2 Å². The van der Waals surface area contributed by atoms with E-state index in [2.05, 4.69) is 9.82 Å². The predicted molar refractivity (Wildman–Crippen MR) is 95.2 cm³/mol. The van der Waals surface area contributed by atoms with Gasteiger partial charge in [0, 0.05) is 6.20 Å². The van der Waals surface area contributed by atoms with Crippen LogP contribution in [0.1, 0.15) is 16.7 Å². The minimum Gasteiger partial charge on any atom is -0.280 e. The maximum absolute atomic E-state index is 12.2. The summed E-state index contributed by atoms with van der Waals surface area (Å²) in [7, 11) is -3.46. The molecule has 1 N–H and O–H groups in total. The monoisotopic (exact) mass is 341 g/mol. The largest absolute Gasteiger partial charge is 0.280 e. The number of hydrogen-bond acceptors (Lipinski definition) is 3. The first-order valence-corrected chi connectivity index (χ1v) is 9.28. The Morgan fingerprint density at radius 3 is 2.50 bits per heavy atom. The molecule has 0 spiro atoms. The summed E-state index contributed by atoms with van der Waals surface area (Å²) >= 11 is 0. The van der Waals surface area contributed by atoms with E-state index in [1.165, 1.54) is 11.8 Å². The van der Waals surface area contributed by atoms with E-state index in [-0.39, 0.29) is 5.75 Å². The van der Waals surface area contributed by atoms with Gasteiger partial charge in [0.25, 0.3) is 0 Å². The molecule has 6 heteroatoms. The average Bonchev–Trinajstić information content (AvgIpc) is 2.96. The number of sulfonamides is 1. The standard InChI is InChI=1S/C18H19N3O2S/c1-15-7-5-6-10-17(15)12-21-13-18(11-19-21)20-24(22,23)14-16-8-3-2-4-9-16/h2-11,13,20H,12,14H2,1H3. The zero-order valence-corrected chi connectivity index (χ0v) is 14.2. The van der Waals surface area contributed by atoms with Gasteiger partial charge in [-0.2, -0.15) is 5.10 Å². The first kappa shape index (κ1) is 16.3. The Kier molecular flexibility index (Phi) is 4.66. The lowest BCUT2D eigenvalue weighted by atomic mass is 10.1. The van der Waals surface area contributed by atoms with E-state index in [4.69, 9.17) is 0 Å². The summed E-state index contributed by atoms with van der Waals surface area (Å²) in [5.41, 5.74) is 3.55. The average molecular weight is 341 g/mol. The summed E-state index contributed by atoms with van der Waals surface area (Å²) in [6.45, 7) is 2.65.